The smallest absolute Gasteiger partial charge is 0.273 e. The molecule has 16 nitrogen and oxygen atoms in total. The van der Waals surface area contributed by atoms with Crippen molar-refractivity contribution in [2.75, 3.05) is 0 Å². The summed E-state index contributed by atoms with van der Waals surface area (Å²) < 4.78 is 27.7. The lowest BCUT2D eigenvalue weighted by atomic mass is 10.0. The summed E-state index contributed by atoms with van der Waals surface area (Å²) in [6.07, 6.45) is 6.58. The minimum atomic E-state index is -1.07. The van der Waals surface area contributed by atoms with E-state index in [1.165, 1.54) is 25.1 Å². The molecule has 244 valence electrons. The van der Waals surface area contributed by atoms with Crippen molar-refractivity contribution in [3.05, 3.63) is 78.3 Å². The van der Waals surface area contributed by atoms with Crippen LogP contribution >= 0.6 is 0 Å². The lowest BCUT2D eigenvalue weighted by Crippen LogP contribution is -2.56. The fraction of sp³-hybridized carbons (Fsp3) is 0.250. The molecule has 10 bridgehead atoms. The Kier molecular flexibility index (Phi) is 7.88. The Hall–Kier alpha value is -6.32. The van der Waals surface area contributed by atoms with Crippen molar-refractivity contribution in [2.24, 2.45) is 5.92 Å². The predicted molar refractivity (Wildman–Crippen MR) is 163 cm³/mol. The number of fused-ring (bicyclic) bond motifs is 14. The summed E-state index contributed by atoms with van der Waals surface area (Å²) in [6.45, 7) is 5.45. The lowest BCUT2D eigenvalue weighted by Gasteiger charge is -2.25. The van der Waals surface area contributed by atoms with E-state index < -0.39 is 29.8 Å². The van der Waals surface area contributed by atoms with Gasteiger partial charge in [-0.1, -0.05) is 43.7 Å². The van der Waals surface area contributed by atoms with E-state index in [1.54, 1.807) is 13.8 Å². The Morgan fingerprint density at radius 3 is 1.73 bits per heavy atom. The molecule has 1 aliphatic rings. The molecule has 0 spiro atoms. The number of hydrogen-bond donors (Lipinski definition) is 3. The highest BCUT2D eigenvalue weighted by molar-refractivity contribution is 5.97. The van der Waals surface area contributed by atoms with Crippen LogP contribution in [0, 0.1) is 12.8 Å². The molecule has 6 heterocycles. The summed E-state index contributed by atoms with van der Waals surface area (Å²) in [6, 6.07) is 5.53. The van der Waals surface area contributed by atoms with Gasteiger partial charge in [-0.3, -0.25) is 14.4 Å². The molecule has 3 N–H and O–H groups in total. The second-order valence-corrected chi connectivity index (χ2v) is 11.4. The van der Waals surface area contributed by atoms with Gasteiger partial charge in [0.2, 0.25) is 41.3 Å². The van der Waals surface area contributed by atoms with E-state index in [-0.39, 0.29) is 76.8 Å². The van der Waals surface area contributed by atoms with Gasteiger partial charge in [-0.05, 0) is 18.4 Å². The lowest BCUT2D eigenvalue weighted by molar-refractivity contribution is -0.131. The fourth-order valence-corrected chi connectivity index (χ4v) is 4.92. The van der Waals surface area contributed by atoms with E-state index in [2.05, 4.69) is 40.9 Å². The molecule has 1 aromatic carbocycles. The van der Waals surface area contributed by atoms with Crippen molar-refractivity contribution in [1.29, 1.82) is 0 Å². The number of rotatable bonds is 3. The number of aryl methyl sites for hydroxylation is 1. The zero-order chi connectivity index (χ0) is 33.4. The molecule has 0 fully saturated rings. The van der Waals surface area contributed by atoms with Crippen LogP contribution in [0.5, 0.6) is 0 Å². The zero-order valence-corrected chi connectivity index (χ0v) is 25.8. The van der Waals surface area contributed by atoms with Gasteiger partial charge in [-0.25, -0.2) is 24.9 Å². The van der Waals surface area contributed by atoms with Crippen molar-refractivity contribution in [3.8, 4) is 46.3 Å². The average molecular weight is 653 g/mol. The van der Waals surface area contributed by atoms with E-state index in [9.17, 15) is 14.4 Å². The molecule has 0 saturated heterocycles. The number of carbonyl (C=O) groups excluding carboxylic acids is 3. The van der Waals surface area contributed by atoms with Crippen LogP contribution < -0.4 is 16.0 Å². The van der Waals surface area contributed by atoms with E-state index in [0.717, 1.165) is 17.4 Å². The molecular weight excluding hydrogens is 624 g/mol. The van der Waals surface area contributed by atoms with Crippen LogP contribution in [-0.2, 0) is 22.6 Å². The van der Waals surface area contributed by atoms with Crippen LogP contribution in [0.4, 0.5) is 0 Å². The quantitative estimate of drug-likeness (QED) is 0.249. The molecule has 5 aromatic heterocycles. The molecule has 6 aromatic rings. The standard InChI is InChI=1S/C32H28N8O8/c1-15(2)25-28(43)33-9-24-34-20(11-44-24)29-37-22(13-46-29)31-39-23(14-48-31)32-38-21(12-47-32)30-36-19(10-45-30)27(42)35-18(26(41)40-25)8-17-6-4-16(3)5-7-17/h4-7,10-15,18,25H,8-9H2,1-3H3,(H,33,43)(H,35,42)(H,40,41). The van der Waals surface area contributed by atoms with E-state index >= 15 is 0 Å². The summed E-state index contributed by atoms with van der Waals surface area (Å²) in [5.74, 6) is -1.49. The first-order valence-electron chi connectivity index (χ1n) is 14.9. The molecule has 48 heavy (non-hydrogen) atoms. The SMILES string of the molecule is Cc1ccc(CC2NC(=O)c3coc(n3)-c3coc(n3)-c3coc(n3)-c3coc(n3)-c3coc(n3)CNC(=O)C(C(C)C)NC2=O)cc1. The van der Waals surface area contributed by atoms with E-state index in [4.69, 9.17) is 22.1 Å². The Morgan fingerprint density at radius 2 is 1.17 bits per heavy atom. The molecule has 2 atom stereocenters. The van der Waals surface area contributed by atoms with Gasteiger partial charge in [0, 0.05) is 6.42 Å². The maximum atomic E-state index is 13.7. The summed E-state index contributed by atoms with van der Waals surface area (Å²) in [5, 5.41) is 8.29. The number of benzene rings is 1. The average Bonchev–Trinajstić information content (AvgIpc) is 3.91. The minimum Gasteiger partial charge on any atom is -0.446 e. The third-order valence-electron chi connectivity index (χ3n) is 7.52. The van der Waals surface area contributed by atoms with Gasteiger partial charge in [-0.2, -0.15) is 0 Å². The van der Waals surface area contributed by atoms with Crippen LogP contribution in [0.3, 0.4) is 0 Å². The zero-order valence-electron chi connectivity index (χ0n) is 25.8. The minimum absolute atomic E-state index is 0.00229. The number of nitrogens with zero attached hydrogens (tertiary/aromatic N) is 5. The summed E-state index contributed by atoms with van der Waals surface area (Å²) in [7, 11) is 0. The maximum Gasteiger partial charge on any atom is 0.273 e. The molecule has 7 rings (SSSR count). The Labute approximate surface area is 271 Å². The monoisotopic (exact) mass is 652 g/mol. The predicted octanol–water partition coefficient (Wildman–Crippen LogP) is 3.71. The number of oxazole rings is 5. The van der Waals surface area contributed by atoms with Crippen molar-refractivity contribution >= 4 is 17.7 Å². The molecule has 2 unspecified atom stereocenters. The first-order chi connectivity index (χ1) is 23.2. The fourth-order valence-electron chi connectivity index (χ4n) is 4.92. The molecule has 0 aliphatic carbocycles. The second-order valence-electron chi connectivity index (χ2n) is 11.4. The molecule has 0 radical (unpaired) electrons. The van der Waals surface area contributed by atoms with Crippen molar-refractivity contribution in [2.45, 2.75) is 45.8 Å². The van der Waals surface area contributed by atoms with Crippen molar-refractivity contribution in [3.63, 3.8) is 0 Å². The molecule has 0 saturated carbocycles. The number of nitrogens with one attached hydrogen (secondary N) is 3. The highest BCUT2D eigenvalue weighted by Crippen LogP contribution is 2.28. The van der Waals surface area contributed by atoms with Crippen LogP contribution in [-0.4, -0.2) is 54.7 Å². The Morgan fingerprint density at radius 1 is 0.667 bits per heavy atom. The summed E-state index contributed by atoms with van der Waals surface area (Å²) in [4.78, 5) is 62.2. The Balaban J connectivity index is 1.23. The maximum absolute atomic E-state index is 13.7. The van der Waals surface area contributed by atoms with Crippen LogP contribution in [0.15, 0.2) is 77.7 Å². The molecular formula is C32H28N8O8. The van der Waals surface area contributed by atoms with Gasteiger partial charge in [-0.15, -0.1) is 0 Å². The third-order valence-corrected chi connectivity index (χ3v) is 7.52. The number of aromatic nitrogens is 5. The van der Waals surface area contributed by atoms with Crippen LogP contribution in [0.25, 0.3) is 46.3 Å². The summed E-state index contributed by atoms with van der Waals surface area (Å²) >= 11 is 0. The van der Waals surface area contributed by atoms with Gasteiger partial charge in [0.15, 0.2) is 28.5 Å². The second kappa shape index (κ2) is 12.5. The van der Waals surface area contributed by atoms with Gasteiger partial charge < -0.3 is 38.0 Å². The van der Waals surface area contributed by atoms with Gasteiger partial charge in [0.1, 0.15) is 43.4 Å². The van der Waals surface area contributed by atoms with Crippen LogP contribution in [0.2, 0.25) is 0 Å². The third kappa shape index (κ3) is 6.22. The Bertz CT molecular complexity index is 2100. The van der Waals surface area contributed by atoms with Gasteiger partial charge >= 0.3 is 0 Å². The van der Waals surface area contributed by atoms with Crippen molar-refractivity contribution in [1.82, 2.24) is 40.9 Å². The first kappa shape index (κ1) is 30.3. The first-order valence-corrected chi connectivity index (χ1v) is 14.9. The van der Waals surface area contributed by atoms with Crippen molar-refractivity contribution < 1.29 is 36.5 Å². The highest BCUT2D eigenvalue weighted by Gasteiger charge is 2.30. The number of hydrogen-bond acceptors (Lipinski definition) is 13. The topological polar surface area (TPSA) is 217 Å². The van der Waals surface area contributed by atoms with E-state index in [1.807, 2.05) is 31.2 Å². The van der Waals surface area contributed by atoms with Crippen LogP contribution in [0.1, 0.15) is 41.4 Å². The largest absolute Gasteiger partial charge is 0.446 e. The summed E-state index contributed by atoms with van der Waals surface area (Å²) in [5.41, 5.74) is 2.73. The number of amides is 3. The number of carbonyl (C=O) groups is 3. The normalized spacial score (nSPS) is 17.0. The van der Waals surface area contributed by atoms with E-state index in [0.29, 0.717) is 0 Å². The molecule has 16 heteroatoms. The molecule has 1 aliphatic heterocycles. The van der Waals surface area contributed by atoms with Gasteiger partial charge in [0.05, 0.1) is 6.54 Å². The highest BCUT2D eigenvalue weighted by atomic mass is 16.4. The molecule has 3 amide bonds. The van der Waals surface area contributed by atoms with Gasteiger partial charge in [0.25, 0.3) is 5.91 Å².